The van der Waals surface area contributed by atoms with E-state index in [2.05, 4.69) is 4.98 Å². The first-order valence-electron chi connectivity index (χ1n) is 10.6. The predicted molar refractivity (Wildman–Crippen MR) is 135 cm³/mol. The molecule has 0 radical (unpaired) electrons. The Labute approximate surface area is 209 Å². The van der Waals surface area contributed by atoms with E-state index < -0.39 is 17.7 Å². The number of ether oxygens (including phenoxy) is 2. The van der Waals surface area contributed by atoms with Gasteiger partial charge in [0.15, 0.2) is 5.13 Å². The number of hydrogen-bond acceptors (Lipinski definition) is 7. The third-order valence-electron chi connectivity index (χ3n) is 5.76. The average molecular weight is 507 g/mol. The summed E-state index contributed by atoms with van der Waals surface area (Å²) in [5.41, 5.74) is 1.59. The van der Waals surface area contributed by atoms with Crippen LogP contribution in [-0.4, -0.2) is 36.0 Å². The molecule has 7 nitrogen and oxygen atoms in total. The number of ketones is 1. The summed E-state index contributed by atoms with van der Waals surface area (Å²) in [5.74, 6) is -0.671. The maximum absolute atomic E-state index is 13.4. The number of aromatic nitrogens is 1. The van der Waals surface area contributed by atoms with Crippen LogP contribution in [0.5, 0.6) is 11.5 Å². The van der Waals surface area contributed by atoms with Crippen molar-refractivity contribution in [2.75, 3.05) is 19.1 Å². The molecule has 1 amide bonds. The average Bonchev–Trinajstić information content (AvgIpc) is 3.41. The number of aliphatic hydroxyl groups is 1. The minimum atomic E-state index is -0.914. The van der Waals surface area contributed by atoms with Gasteiger partial charge in [-0.1, -0.05) is 35.1 Å². The van der Waals surface area contributed by atoms with Crippen LogP contribution in [0.4, 0.5) is 5.13 Å². The second kappa shape index (κ2) is 9.05. The number of nitrogens with zero attached hydrogens (tertiary/aromatic N) is 2. The number of fused-ring (bicyclic) bond motifs is 1. The highest BCUT2D eigenvalue weighted by Crippen LogP contribution is 2.45. The fourth-order valence-electron chi connectivity index (χ4n) is 4.04. The van der Waals surface area contributed by atoms with E-state index in [4.69, 9.17) is 21.1 Å². The van der Waals surface area contributed by atoms with Crippen molar-refractivity contribution in [2.45, 2.75) is 6.04 Å². The van der Waals surface area contributed by atoms with Crippen LogP contribution in [-0.2, 0) is 9.59 Å². The van der Waals surface area contributed by atoms with Crippen LogP contribution in [0.1, 0.15) is 17.2 Å². The topological polar surface area (TPSA) is 89.0 Å². The number of amides is 1. The van der Waals surface area contributed by atoms with E-state index in [1.807, 2.05) is 6.07 Å². The largest absolute Gasteiger partial charge is 0.507 e. The number of benzene rings is 3. The molecule has 1 aliphatic heterocycles. The highest BCUT2D eigenvalue weighted by Gasteiger charge is 2.48. The molecule has 2 heterocycles. The monoisotopic (exact) mass is 506 g/mol. The van der Waals surface area contributed by atoms with Crippen molar-refractivity contribution in [1.29, 1.82) is 0 Å². The number of anilines is 1. The van der Waals surface area contributed by atoms with Gasteiger partial charge >= 0.3 is 5.91 Å². The number of carbonyl (C=O) groups excluding carboxylic acids is 2. The van der Waals surface area contributed by atoms with Gasteiger partial charge in [-0.05, 0) is 60.2 Å². The molecule has 4 aromatic rings. The van der Waals surface area contributed by atoms with Gasteiger partial charge in [0.05, 0.1) is 36.1 Å². The lowest BCUT2D eigenvalue weighted by Gasteiger charge is -2.23. The second-order valence-corrected chi connectivity index (χ2v) is 9.23. The molecule has 5 rings (SSSR count). The number of Topliss-reactive ketones (excluding diaryl/α,β-unsaturated/α-hetero) is 1. The molecule has 1 saturated heterocycles. The van der Waals surface area contributed by atoms with Crippen molar-refractivity contribution in [1.82, 2.24) is 4.98 Å². The Hall–Kier alpha value is -3.88. The molecular weight excluding hydrogens is 488 g/mol. The summed E-state index contributed by atoms with van der Waals surface area (Å²) in [6.45, 7) is 0. The molecule has 35 heavy (non-hydrogen) atoms. The predicted octanol–water partition coefficient (Wildman–Crippen LogP) is 5.59. The van der Waals surface area contributed by atoms with Gasteiger partial charge < -0.3 is 14.6 Å². The summed E-state index contributed by atoms with van der Waals surface area (Å²) in [5, 5.41) is 12.0. The minimum Gasteiger partial charge on any atom is -0.507 e. The SMILES string of the molecule is COc1cccc([C@@H]2C(=C(O)c3ccc(Cl)cc3)C(=O)C(=O)N2c2nc3ccc(OC)cc3s2)c1. The third-order valence-corrected chi connectivity index (χ3v) is 7.03. The summed E-state index contributed by atoms with van der Waals surface area (Å²) in [6, 6.07) is 17.9. The van der Waals surface area contributed by atoms with E-state index in [9.17, 15) is 14.7 Å². The maximum Gasteiger partial charge on any atom is 0.301 e. The van der Waals surface area contributed by atoms with Gasteiger partial charge in [-0.3, -0.25) is 14.5 Å². The zero-order valence-electron chi connectivity index (χ0n) is 18.7. The van der Waals surface area contributed by atoms with E-state index in [0.717, 1.165) is 4.70 Å². The van der Waals surface area contributed by atoms with E-state index in [0.29, 0.717) is 38.3 Å². The number of thiazole rings is 1. The molecule has 1 aliphatic rings. The standard InChI is InChI=1S/C26H19ClN2O5S/c1-33-17-5-3-4-15(12-17)22-21(23(30)14-6-8-16(27)9-7-14)24(31)25(32)29(22)26-28-19-11-10-18(34-2)13-20(19)35-26/h3-13,22,30H,1-2H3/t22-/m1/s1. The molecule has 9 heteroatoms. The molecular formula is C26H19ClN2O5S. The van der Waals surface area contributed by atoms with Crippen molar-refractivity contribution in [2.24, 2.45) is 0 Å². The Morgan fingerprint density at radius 3 is 2.43 bits per heavy atom. The number of halogens is 1. The molecule has 1 N–H and O–H groups in total. The number of methoxy groups -OCH3 is 2. The van der Waals surface area contributed by atoms with Crippen molar-refractivity contribution in [3.63, 3.8) is 0 Å². The summed E-state index contributed by atoms with van der Waals surface area (Å²) < 4.78 is 11.5. The van der Waals surface area contributed by atoms with Crippen molar-refractivity contribution < 1.29 is 24.2 Å². The lowest BCUT2D eigenvalue weighted by molar-refractivity contribution is -0.132. The van der Waals surface area contributed by atoms with Gasteiger partial charge in [-0.25, -0.2) is 4.98 Å². The molecule has 1 atom stereocenters. The lowest BCUT2D eigenvalue weighted by Crippen LogP contribution is -2.29. The number of hydrogen-bond donors (Lipinski definition) is 1. The van der Waals surface area contributed by atoms with Gasteiger partial charge in [0.2, 0.25) is 0 Å². The third kappa shape index (κ3) is 4.00. The minimum absolute atomic E-state index is 0.0394. The van der Waals surface area contributed by atoms with Gasteiger partial charge in [-0.15, -0.1) is 0 Å². The lowest BCUT2D eigenvalue weighted by atomic mass is 9.95. The molecule has 1 fully saturated rings. The summed E-state index contributed by atoms with van der Waals surface area (Å²) in [7, 11) is 3.10. The molecule has 0 spiro atoms. The van der Waals surface area contributed by atoms with Gasteiger partial charge in [0, 0.05) is 10.6 Å². The molecule has 0 bridgehead atoms. The van der Waals surface area contributed by atoms with Crippen molar-refractivity contribution in [3.05, 3.63) is 88.5 Å². The Bertz CT molecular complexity index is 1500. The summed E-state index contributed by atoms with van der Waals surface area (Å²) in [4.78, 5) is 32.6. The van der Waals surface area contributed by atoms with Crippen LogP contribution in [0.3, 0.4) is 0 Å². The number of aliphatic hydroxyl groups excluding tert-OH is 1. The maximum atomic E-state index is 13.4. The first kappa shape index (κ1) is 22.9. The highest BCUT2D eigenvalue weighted by molar-refractivity contribution is 7.22. The van der Waals surface area contributed by atoms with Crippen molar-refractivity contribution >= 4 is 55.7 Å². The van der Waals surface area contributed by atoms with Crippen LogP contribution < -0.4 is 14.4 Å². The smallest absolute Gasteiger partial charge is 0.301 e. The Morgan fingerprint density at radius 1 is 1.00 bits per heavy atom. The van der Waals surface area contributed by atoms with Crippen LogP contribution in [0.15, 0.2) is 72.3 Å². The van der Waals surface area contributed by atoms with E-state index in [1.165, 1.54) is 23.3 Å². The molecule has 1 aromatic heterocycles. The van der Waals surface area contributed by atoms with Crippen LogP contribution in [0.2, 0.25) is 5.02 Å². The highest BCUT2D eigenvalue weighted by atomic mass is 35.5. The molecule has 0 saturated carbocycles. The summed E-state index contributed by atoms with van der Waals surface area (Å²) in [6.07, 6.45) is 0. The number of carbonyl (C=O) groups is 2. The Kier molecular flexibility index (Phi) is 5.92. The first-order chi connectivity index (χ1) is 16.9. The first-order valence-corrected chi connectivity index (χ1v) is 11.8. The van der Waals surface area contributed by atoms with Gasteiger partial charge in [0.25, 0.3) is 5.78 Å². The zero-order chi connectivity index (χ0) is 24.7. The molecule has 0 unspecified atom stereocenters. The van der Waals surface area contributed by atoms with E-state index in [1.54, 1.807) is 67.8 Å². The van der Waals surface area contributed by atoms with E-state index >= 15 is 0 Å². The quantitative estimate of drug-likeness (QED) is 0.215. The summed E-state index contributed by atoms with van der Waals surface area (Å²) >= 11 is 7.25. The molecule has 0 aliphatic carbocycles. The van der Waals surface area contributed by atoms with Gasteiger partial charge in [-0.2, -0.15) is 0 Å². The molecule has 176 valence electrons. The normalized spacial score (nSPS) is 17.2. The second-order valence-electron chi connectivity index (χ2n) is 7.78. The van der Waals surface area contributed by atoms with Gasteiger partial charge in [0.1, 0.15) is 17.3 Å². The fraction of sp³-hybridized carbons (Fsp3) is 0.115. The van der Waals surface area contributed by atoms with Crippen LogP contribution in [0, 0.1) is 0 Å². The van der Waals surface area contributed by atoms with Crippen LogP contribution in [0.25, 0.3) is 16.0 Å². The Morgan fingerprint density at radius 2 is 1.71 bits per heavy atom. The van der Waals surface area contributed by atoms with Crippen LogP contribution >= 0.6 is 22.9 Å². The van der Waals surface area contributed by atoms with E-state index in [-0.39, 0.29) is 11.3 Å². The zero-order valence-corrected chi connectivity index (χ0v) is 20.3. The number of rotatable bonds is 5. The fourth-order valence-corrected chi connectivity index (χ4v) is 5.19. The molecule has 3 aromatic carbocycles. The van der Waals surface area contributed by atoms with Crippen molar-refractivity contribution in [3.8, 4) is 11.5 Å². The Balaban J connectivity index is 1.72.